The Hall–Kier alpha value is -1.77. The highest BCUT2D eigenvalue weighted by molar-refractivity contribution is 5.91. The van der Waals surface area contributed by atoms with Gasteiger partial charge in [0.2, 0.25) is 0 Å². The Labute approximate surface area is 107 Å². The maximum Gasteiger partial charge on any atom is 0.153 e. The zero-order chi connectivity index (χ0) is 13.1. The summed E-state index contributed by atoms with van der Waals surface area (Å²) in [6.45, 7) is 4.40. The quantitative estimate of drug-likeness (QED) is 0.750. The average molecular weight is 245 g/mol. The summed E-state index contributed by atoms with van der Waals surface area (Å²) in [6, 6.07) is 6.34. The maximum absolute atomic E-state index is 11.0. The minimum absolute atomic E-state index is 0.458. The molecule has 3 nitrogen and oxygen atoms in total. The van der Waals surface area contributed by atoms with E-state index in [0.717, 1.165) is 30.0 Å². The Bertz CT molecular complexity index is 557. The van der Waals surface area contributed by atoms with Crippen molar-refractivity contribution in [3.63, 3.8) is 0 Å². The summed E-state index contributed by atoms with van der Waals surface area (Å²) >= 11 is 0. The van der Waals surface area contributed by atoms with E-state index in [1.807, 2.05) is 18.2 Å². The van der Waals surface area contributed by atoms with Gasteiger partial charge in [0.1, 0.15) is 5.75 Å². The first-order valence-electron chi connectivity index (χ1n) is 6.35. The number of carbonyl (C=O) groups excluding carboxylic acids is 1. The van der Waals surface area contributed by atoms with Crippen LogP contribution >= 0.6 is 0 Å². The number of hydrogen-bond donors (Lipinski definition) is 0. The van der Waals surface area contributed by atoms with Crippen LogP contribution in [0.1, 0.15) is 43.1 Å². The molecule has 0 aliphatic rings. The van der Waals surface area contributed by atoms with Crippen molar-refractivity contribution in [3.05, 3.63) is 30.0 Å². The fourth-order valence-electron chi connectivity index (χ4n) is 2.41. The Balaban J connectivity index is 2.55. The first-order chi connectivity index (χ1) is 8.71. The third-order valence-electron chi connectivity index (χ3n) is 3.38. The standard InChI is InChI=1S/C15H19NO2/c1-4-5-11(2)16-7-6-12-8-13(10-17)15(18-3)9-14(12)16/h6-11H,4-5H2,1-3H3. The molecule has 1 aromatic heterocycles. The van der Waals surface area contributed by atoms with Gasteiger partial charge >= 0.3 is 0 Å². The molecule has 0 saturated carbocycles. The molecule has 0 aliphatic carbocycles. The monoisotopic (exact) mass is 245 g/mol. The van der Waals surface area contributed by atoms with Crippen molar-refractivity contribution in [2.45, 2.75) is 32.7 Å². The SMILES string of the molecule is CCCC(C)n1ccc2cc(C=O)c(OC)cc21. The lowest BCUT2D eigenvalue weighted by molar-refractivity contribution is 0.112. The van der Waals surface area contributed by atoms with E-state index in [2.05, 4.69) is 24.6 Å². The topological polar surface area (TPSA) is 31.2 Å². The lowest BCUT2D eigenvalue weighted by Gasteiger charge is -2.15. The number of methoxy groups -OCH3 is 1. The summed E-state index contributed by atoms with van der Waals surface area (Å²) in [5.41, 5.74) is 1.73. The molecule has 2 aromatic rings. The Morgan fingerprint density at radius 3 is 2.83 bits per heavy atom. The largest absolute Gasteiger partial charge is 0.496 e. The zero-order valence-electron chi connectivity index (χ0n) is 11.1. The Morgan fingerprint density at radius 1 is 1.44 bits per heavy atom. The molecule has 18 heavy (non-hydrogen) atoms. The Kier molecular flexibility index (Phi) is 3.70. The van der Waals surface area contributed by atoms with E-state index >= 15 is 0 Å². The van der Waals surface area contributed by atoms with Gasteiger partial charge in [-0.1, -0.05) is 13.3 Å². The van der Waals surface area contributed by atoms with Gasteiger partial charge in [-0.3, -0.25) is 4.79 Å². The molecule has 1 unspecified atom stereocenters. The molecule has 0 radical (unpaired) electrons. The number of fused-ring (bicyclic) bond motifs is 1. The first kappa shape index (κ1) is 12.7. The maximum atomic E-state index is 11.0. The summed E-state index contributed by atoms with van der Waals surface area (Å²) in [5, 5.41) is 1.08. The molecule has 3 heteroatoms. The number of nitrogens with zero attached hydrogens (tertiary/aromatic N) is 1. The van der Waals surface area contributed by atoms with E-state index in [1.165, 1.54) is 0 Å². The second-order valence-corrected chi connectivity index (χ2v) is 4.63. The molecule has 0 N–H and O–H groups in total. The van der Waals surface area contributed by atoms with E-state index in [9.17, 15) is 4.79 Å². The normalized spacial score (nSPS) is 12.6. The van der Waals surface area contributed by atoms with Crippen LogP contribution in [0.2, 0.25) is 0 Å². The smallest absolute Gasteiger partial charge is 0.153 e. The third kappa shape index (κ3) is 2.13. The highest BCUT2D eigenvalue weighted by atomic mass is 16.5. The summed E-state index contributed by atoms with van der Waals surface area (Å²) in [6.07, 6.45) is 5.22. The summed E-state index contributed by atoms with van der Waals surface area (Å²) in [7, 11) is 1.59. The van der Waals surface area contributed by atoms with Crippen LogP contribution in [0, 0.1) is 0 Å². The van der Waals surface area contributed by atoms with Crippen LogP contribution in [-0.4, -0.2) is 18.0 Å². The van der Waals surface area contributed by atoms with Crippen molar-refractivity contribution in [2.75, 3.05) is 7.11 Å². The predicted molar refractivity (Wildman–Crippen MR) is 73.5 cm³/mol. The fourth-order valence-corrected chi connectivity index (χ4v) is 2.41. The molecule has 0 bridgehead atoms. The number of carbonyl (C=O) groups is 1. The molecule has 0 spiro atoms. The van der Waals surface area contributed by atoms with E-state index in [0.29, 0.717) is 17.4 Å². The molecule has 0 amide bonds. The fraction of sp³-hybridized carbons (Fsp3) is 0.400. The Morgan fingerprint density at radius 2 is 2.22 bits per heavy atom. The van der Waals surface area contributed by atoms with E-state index in [4.69, 9.17) is 4.74 Å². The highest BCUT2D eigenvalue weighted by Gasteiger charge is 2.11. The van der Waals surface area contributed by atoms with Gasteiger partial charge in [-0.25, -0.2) is 0 Å². The second kappa shape index (κ2) is 5.25. The van der Waals surface area contributed by atoms with Gasteiger partial charge in [-0.05, 0) is 25.5 Å². The third-order valence-corrected chi connectivity index (χ3v) is 3.38. The summed E-state index contributed by atoms with van der Waals surface area (Å²) in [5.74, 6) is 0.640. The van der Waals surface area contributed by atoms with Crippen LogP contribution in [0.25, 0.3) is 10.9 Å². The van der Waals surface area contributed by atoms with Crippen molar-refractivity contribution < 1.29 is 9.53 Å². The summed E-state index contributed by atoms with van der Waals surface area (Å²) < 4.78 is 7.51. The summed E-state index contributed by atoms with van der Waals surface area (Å²) in [4.78, 5) is 11.0. The zero-order valence-corrected chi connectivity index (χ0v) is 11.1. The molecule has 96 valence electrons. The average Bonchev–Trinajstić information content (AvgIpc) is 2.79. The molecular weight excluding hydrogens is 226 g/mol. The van der Waals surface area contributed by atoms with Crippen LogP contribution in [0.4, 0.5) is 0 Å². The van der Waals surface area contributed by atoms with Crippen LogP contribution in [0.3, 0.4) is 0 Å². The highest BCUT2D eigenvalue weighted by Crippen LogP contribution is 2.28. The molecule has 1 atom stereocenters. The van der Waals surface area contributed by atoms with Gasteiger partial charge in [0, 0.05) is 23.7 Å². The van der Waals surface area contributed by atoms with Gasteiger partial charge in [0.05, 0.1) is 18.2 Å². The van der Waals surface area contributed by atoms with Gasteiger partial charge in [0.15, 0.2) is 6.29 Å². The van der Waals surface area contributed by atoms with Crippen molar-refractivity contribution in [3.8, 4) is 5.75 Å². The van der Waals surface area contributed by atoms with Crippen LogP contribution in [0.15, 0.2) is 24.4 Å². The van der Waals surface area contributed by atoms with Crippen molar-refractivity contribution in [2.24, 2.45) is 0 Å². The van der Waals surface area contributed by atoms with Crippen molar-refractivity contribution in [1.29, 1.82) is 0 Å². The number of rotatable bonds is 5. The minimum Gasteiger partial charge on any atom is -0.496 e. The lowest BCUT2D eigenvalue weighted by atomic mass is 10.1. The predicted octanol–water partition coefficient (Wildman–Crippen LogP) is 3.82. The van der Waals surface area contributed by atoms with Crippen LogP contribution in [0.5, 0.6) is 5.75 Å². The van der Waals surface area contributed by atoms with Gasteiger partial charge in [-0.2, -0.15) is 0 Å². The molecule has 0 fully saturated rings. The molecule has 0 saturated heterocycles. The number of aromatic nitrogens is 1. The van der Waals surface area contributed by atoms with Gasteiger partial charge in [-0.15, -0.1) is 0 Å². The van der Waals surface area contributed by atoms with Gasteiger partial charge in [0.25, 0.3) is 0 Å². The van der Waals surface area contributed by atoms with Crippen molar-refractivity contribution in [1.82, 2.24) is 4.57 Å². The number of benzene rings is 1. The van der Waals surface area contributed by atoms with E-state index in [1.54, 1.807) is 7.11 Å². The molecular formula is C15H19NO2. The first-order valence-corrected chi connectivity index (χ1v) is 6.35. The lowest BCUT2D eigenvalue weighted by Crippen LogP contribution is -2.03. The number of aldehydes is 1. The molecule has 1 heterocycles. The minimum atomic E-state index is 0.458. The van der Waals surface area contributed by atoms with E-state index in [-0.39, 0.29) is 0 Å². The molecule has 2 rings (SSSR count). The number of hydrogen-bond acceptors (Lipinski definition) is 2. The van der Waals surface area contributed by atoms with Crippen molar-refractivity contribution >= 4 is 17.2 Å². The van der Waals surface area contributed by atoms with Crippen LogP contribution < -0.4 is 4.74 Å². The second-order valence-electron chi connectivity index (χ2n) is 4.63. The van der Waals surface area contributed by atoms with Gasteiger partial charge < -0.3 is 9.30 Å². The van der Waals surface area contributed by atoms with Crippen LogP contribution in [-0.2, 0) is 0 Å². The number of ether oxygens (including phenoxy) is 1. The molecule has 0 aliphatic heterocycles. The van der Waals surface area contributed by atoms with E-state index < -0.39 is 0 Å². The molecule has 1 aromatic carbocycles.